The lowest BCUT2D eigenvalue weighted by Crippen LogP contribution is -2.48. The number of aliphatic hydroxyl groups excluding tert-OH is 1. The molecule has 6 heteroatoms. The van der Waals surface area contributed by atoms with Crippen molar-refractivity contribution in [3.05, 3.63) is 11.8 Å². The molecule has 0 saturated heterocycles. The third kappa shape index (κ3) is 2.74. The standard InChI is InChI=1S/C8H12N2O4/c1-2-14-6(11)3-5-4-9-8(13)10-7(5)12/h4,8-9,13H,2-3H2,1H3,(H,10,12). The van der Waals surface area contributed by atoms with Gasteiger partial charge in [-0.3, -0.25) is 9.59 Å². The molecular formula is C8H12N2O4. The van der Waals surface area contributed by atoms with Crippen molar-refractivity contribution in [3.8, 4) is 0 Å². The van der Waals surface area contributed by atoms with Crippen molar-refractivity contribution >= 4 is 11.9 Å². The molecule has 0 aromatic carbocycles. The second-order valence-electron chi connectivity index (χ2n) is 2.69. The molecule has 0 saturated carbocycles. The Morgan fingerprint density at radius 1 is 1.71 bits per heavy atom. The third-order valence-corrected chi connectivity index (χ3v) is 1.62. The van der Waals surface area contributed by atoms with Gasteiger partial charge in [0, 0.05) is 11.8 Å². The molecule has 1 atom stereocenters. The highest BCUT2D eigenvalue weighted by atomic mass is 16.5. The SMILES string of the molecule is CCOC(=O)CC1=CNC(O)NC1=O. The van der Waals surface area contributed by atoms with Crippen LogP contribution in [0.5, 0.6) is 0 Å². The number of ether oxygens (including phenoxy) is 1. The second kappa shape index (κ2) is 4.61. The number of hydrogen-bond acceptors (Lipinski definition) is 5. The van der Waals surface area contributed by atoms with E-state index >= 15 is 0 Å². The second-order valence-corrected chi connectivity index (χ2v) is 2.69. The Hall–Kier alpha value is -1.56. The molecule has 3 N–H and O–H groups in total. The molecule has 6 nitrogen and oxygen atoms in total. The van der Waals surface area contributed by atoms with Crippen LogP contribution < -0.4 is 10.6 Å². The minimum absolute atomic E-state index is 0.0978. The van der Waals surface area contributed by atoms with Gasteiger partial charge in [0.05, 0.1) is 13.0 Å². The average Bonchev–Trinajstić information content (AvgIpc) is 2.10. The van der Waals surface area contributed by atoms with Crippen LogP contribution in [-0.4, -0.2) is 29.9 Å². The lowest BCUT2D eigenvalue weighted by Gasteiger charge is -2.19. The van der Waals surface area contributed by atoms with Crippen LogP contribution in [0.1, 0.15) is 13.3 Å². The molecule has 0 aromatic heterocycles. The first-order valence-electron chi connectivity index (χ1n) is 4.23. The summed E-state index contributed by atoms with van der Waals surface area (Å²) < 4.78 is 4.67. The Balaban J connectivity index is 2.52. The number of rotatable bonds is 3. The van der Waals surface area contributed by atoms with E-state index in [1.165, 1.54) is 6.20 Å². The molecule has 0 aromatic rings. The predicted octanol–water partition coefficient (Wildman–Crippen LogP) is -1.18. The summed E-state index contributed by atoms with van der Waals surface area (Å²) in [5.74, 6) is -0.934. The monoisotopic (exact) mass is 200 g/mol. The Bertz CT molecular complexity index is 275. The molecule has 0 radical (unpaired) electrons. The zero-order chi connectivity index (χ0) is 10.6. The van der Waals surface area contributed by atoms with Gasteiger partial charge in [-0.2, -0.15) is 0 Å². The van der Waals surface area contributed by atoms with Crippen molar-refractivity contribution in [2.75, 3.05) is 6.61 Å². The largest absolute Gasteiger partial charge is 0.466 e. The van der Waals surface area contributed by atoms with Crippen LogP contribution in [0.4, 0.5) is 0 Å². The number of carbonyl (C=O) groups is 2. The molecule has 1 unspecified atom stereocenters. The fourth-order valence-electron chi connectivity index (χ4n) is 1.00. The number of carbonyl (C=O) groups excluding carboxylic acids is 2. The molecule has 1 aliphatic heterocycles. The summed E-state index contributed by atoms with van der Waals surface area (Å²) in [7, 11) is 0. The van der Waals surface area contributed by atoms with Crippen molar-refractivity contribution in [2.24, 2.45) is 0 Å². The minimum Gasteiger partial charge on any atom is -0.466 e. The minimum atomic E-state index is -1.09. The van der Waals surface area contributed by atoms with Gasteiger partial charge in [0.2, 0.25) is 6.35 Å². The van der Waals surface area contributed by atoms with E-state index < -0.39 is 18.2 Å². The highest BCUT2D eigenvalue weighted by Gasteiger charge is 2.20. The fraction of sp³-hybridized carbons (Fsp3) is 0.500. The zero-order valence-corrected chi connectivity index (χ0v) is 7.74. The van der Waals surface area contributed by atoms with Gasteiger partial charge < -0.3 is 20.5 Å². The van der Waals surface area contributed by atoms with Crippen LogP contribution in [0.3, 0.4) is 0 Å². The highest BCUT2D eigenvalue weighted by Crippen LogP contribution is 2.05. The maximum atomic E-state index is 11.2. The van der Waals surface area contributed by atoms with E-state index in [2.05, 4.69) is 15.4 Å². The van der Waals surface area contributed by atoms with Gasteiger partial charge in [-0.1, -0.05) is 0 Å². The summed E-state index contributed by atoms with van der Waals surface area (Å²) in [5, 5.41) is 13.6. The Labute approximate surface area is 80.9 Å². The third-order valence-electron chi connectivity index (χ3n) is 1.62. The number of aliphatic hydroxyl groups is 1. The maximum Gasteiger partial charge on any atom is 0.310 e. The van der Waals surface area contributed by atoms with Crippen molar-refractivity contribution < 1.29 is 19.4 Å². The topological polar surface area (TPSA) is 87.7 Å². The van der Waals surface area contributed by atoms with Crippen LogP contribution in [0, 0.1) is 0 Å². The summed E-state index contributed by atoms with van der Waals surface area (Å²) in [6, 6.07) is 0. The number of nitrogens with one attached hydrogen (secondary N) is 2. The van der Waals surface area contributed by atoms with Gasteiger partial charge in [-0.05, 0) is 6.92 Å². The van der Waals surface area contributed by atoms with Gasteiger partial charge >= 0.3 is 5.97 Å². The smallest absolute Gasteiger partial charge is 0.310 e. The van der Waals surface area contributed by atoms with Crippen LogP contribution in [0.25, 0.3) is 0 Å². The van der Waals surface area contributed by atoms with Crippen molar-refractivity contribution in [1.29, 1.82) is 0 Å². The number of hydrogen-bond donors (Lipinski definition) is 3. The van der Waals surface area contributed by atoms with E-state index in [1.807, 2.05) is 0 Å². The van der Waals surface area contributed by atoms with Crippen LogP contribution >= 0.6 is 0 Å². The van der Waals surface area contributed by atoms with Crippen LogP contribution in [0.15, 0.2) is 11.8 Å². The molecule has 0 fully saturated rings. The molecule has 0 spiro atoms. The first kappa shape index (κ1) is 10.5. The van der Waals surface area contributed by atoms with Crippen molar-refractivity contribution in [1.82, 2.24) is 10.6 Å². The van der Waals surface area contributed by atoms with E-state index in [-0.39, 0.29) is 18.6 Å². The molecule has 0 bridgehead atoms. The summed E-state index contributed by atoms with van der Waals surface area (Å²) in [5.41, 5.74) is 0.244. The molecule has 1 rings (SSSR count). The summed E-state index contributed by atoms with van der Waals surface area (Å²) in [6.07, 6.45) is 0.119. The molecule has 14 heavy (non-hydrogen) atoms. The summed E-state index contributed by atoms with van der Waals surface area (Å²) in [6.45, 7) is 1.97. The van der Waals surface area contributed by atoms with Crippen molar-refractivity contribution in [2.45, 2.75) is 19.7 Å². The summed E-state index contributed by atoms with van der Waals surface area (Å²) in [4.78, 5) is 22.2. The quantitative estimate of drug-likeness (QED) is 0.499. The first-order chi connectivity index (χ1) is 6.63. The van der Waals surface area contributed by atoms with Crippen LogP contribution in [0.2, 0.25) is 0 Å². The fourth-order valence-corrected chi connectivity index (χ4v) is 1.00. The van der Waals surface area contributed by atoms with E-state index in [4.69, 9.17) is 5.11 Å². The van der Waals surface area contributed by atoms with Crippen molar-refractivity contribution in [3.63, 3.8) is 0 Å². The van der Waals surface area contributed by atoms with Gasteiger partial charge in [-0.15, -0.1) is 0 Å². The van der Waals surface area contributed by atoms with Gasteiger partial charge in [-0.25, -0.2) is 0 Å². The zero-order valence-electron chi connectivity index (χ0n) is 7.74. The number of amides is 1. The predicted molar refractivity (Wildman–Crippen MR) is 46.6 cm³/mol. The van der Waals surface area contributed by atoms with Crippen LogP contribution in [-0.2, 0) is 14.3 Å². The van der Waals surface area contributed by atoms with E-state index in [1.54, 1.807) is 6.92 Å². The average molecular weight is 200 g/mol. The number of esters is 1. The summed E-state index contributed by atoms with van der Waals surface area (Å²) >= 11 is 0. The van der Waals surface area contributed by atoms with E-state index in [9.17, 15) is 9.59 Å². The molecule has 1 heterocycles. The van der Waals surface area contributed by atoms with E-state index in [0.717, 1.165) is 0 Å². The molecule has 1 aliphatic rings. The van der Waals surface area contributed by atoms with Gasteiger partial charge in [0.25, 0.3) is 5.91 Å². The lowest BCUT2D eigenvalue weighted by atomic mass is 10.2. The normalized spacial score (nSPS) is 20.6. The lowest BCUT2D eigenvalue weighted by molar-refractivity contribution is -0.143. The highest BCUT2D eigenvalue weighted by molar-refractivity contribution is 5.98. The van der Waals surface area contributed by atoms with Gasteiger partial charge in [0.15, 0.2) is 0 Å². The van der Waals surface area contributed by atoms with Gasteiger partial charge in [0.1, 0.15) is 0 Å². The first-order valence-corrected chi connectivity index (χ1v) is 4.23. The Morgan fingerprint density at radius 2 is 2.43 bits per heavy atom. The Kier molecular flexibility index (Phi) is 3.47. The molecular weight excluding hydrogens is 188 g/mol. The molecule has 1 amide bonds. The van der Waals surface area contributed by atoms with E-state index in [0.29, 0.717) is 0 Å². The Morgan fingerprint density at radius 3 is 3.00 bits per heavy atom. The molecule has 78 valence electrons. The molecule has 0 aliphatic carbocycles. The maximum absolute atomic E-state index is 11.2.